The second kappa shape index (κ2) is 9.24. The number of halogens is 2. The number of nitrogen functional groups attached to an aromatic ring is 2. The van der Waals surface area contributed by atoms with Gasteiger partial charge in [0.25, 0.3) is 0 Å². The number of anilines is 2. The molecule has 1 aromatic carbocycles. The van der Waals surface area contributed by atoms with E-state index in [1.807, 2.05) is 5.48 Å². The number of aromatic nitrogens is 4. The van der Waals surface area contributed by atoms with E-state index in [0.717, 1.165) is 0 Å². The molecule has 16 heteroatoms. The van der Waals surface area contributed by atoms with E-state index in [2.05, 4.69) is 56.0 Å². The molecule has 2 heterocycles. The van der Waals surface area contributed by atoms with Crippen molar-refractivity contribution >= 4 is 44.9 Å². The molecule has 0 bridgehead atoms. The summed E-state index contributed by atoms with van der Waals surface area (Å²) in [7, 11) is 0. The van der Waals surface area contributed by atoms with Crippen molar-refractivity contribution in [1.82, 2.24) is 26.1 Å². The highest BCUT2D eigenvalue weighted by atomic mass is 79.9. The second-order valence-electron chi connectivity index (χ2n) is 4.65. The Morgan fingerprint density at radius 2 is 1.71 bits per heavy atom. The van der Waals surface area contributed by atoms with Gasteiger partial charge >= 0.3 is 0 Å². The van der Waals surface area contributed by atoms with E-state index < -0.39 is 5.82 Å². The first-order valence-electron chi connectivity index (χ1n) is 6.95. The zero-order chi connectivity index (χ0) is 20.7. The van der Waals surface area contributed by atoms with Gasteiger partial charge in [0.2, 0.25) is 0 Å². The molecule has 0 saturated heterocycles. The van der Waals surface area contributed by atoms with Crippen molar-refractivity contribution in [3.63, 3.8) is 0 Å². The topological polar surface area (TPSA) is 233 Å². The molecular weight excluding hydrogens is 447 g/mol. The Kier molecular flexibility index (Phi) is 6.77. The molecule has 28 heavy (non-hydrogen) atoms. The fraction of sp³-hybridized carbons (Fsp3) is 0. The van der Waals surface area contributed by atoms with Crippen molar-refractivity contribution in [3.8, 4) is 0 Å². The quantitative estimate of drug-likeness (QED) is 0.135. The van der Waals surface area contributed by atoms with Gasteiger partial charge in [0.1, 0.15) is 5.82 Å². The summed E-state index contributed by atoms with van der Waals surface area (Å²) in [6, 6.07) is 4.07. The van der Waals surface area contributed by atoms with Crippen molar-refractivity contribution in [3.05, 3.63) is 39.9 Å². The van der Waals surface area contributed by atoms with Gasteiger partial charge < -0.3 is 22.4 Å². The molecule has 0 saturated carbocycles. The first kappa shape index (κ1) is 20.5. The van der Waals surface area contributed by atoms with Gasteiger partial charge in [0.15, 0.2) is 34.7 Å². The van der Waals surface area contributed by atoms with E-state index in [0.29, 0.717) is 5.69 Å². The third kappa shape index (κ3) is 4.89. The molecule has 0 aliphatic rings. The number of hydrogen-bond acceptors (Lipinski definition) is 12. The molecule has 0 aliphatic carbocycles. The molecule has 148 valence electrons. The maximum atomic E-state index is 13.0. The lowest BCUT2D eigenvalue weighted by atomic mass is 10.3. The molecule has 0 aliphatic heterocycles. The Morgan fingerprint density at radius 3 is 2.18 bits per heavy atom. The number of rotatable bonds is 3. The van der Waals surface area contributed by atoms with Crippen LogP contribution < -0.4 is 22.7 Å². The van der Waals surface area contributed by atoms with Crippen LogP contribution in [-0.2, 0) is 0 Å². The lowest BCUT2D eigenvalue weighted by Crippen LogP contribution is -2.21. The summed E-state index contributed by atoms with van der Waals surface area (Å²) in [6.45, 7) is 0. The summed E-state index contributed by atoms with van der Waals surface area (Å²) in [5, 5.41) is 33.0. The van der Waals surface area contributed by atoms with Gasteiger partial charge in [-0.25, -0.2) is 18.6 Å². The van der Waals surface area contributed by atoms with Gasteiger partial charge in [-0.05, 0) is 54.8 Å². The molecule has 0 amide bonds. The molecule has 9 N–H and O–H groups in total. The predicted molar refractivity (Wildman–Crippen MR) is 95.2 cm³/mol. The number of hydroxylamine groups is 1. The van der Waals surface area contributed by atoms with E-state index >= 15 is 0 Å². The average Bonchev–Trinajstić information content (AvgIpc) is 3.30. The summed E-state index contributed by atoms with van der Waals surface area (Å²) in [5.74, 6) is -0.743. The van der Waals surface area contributed by atoms with Gasteiger partial charge in [-0.2, -0.15) is 0 Å². The Labute approximate surface area is 162 Å². The van der Waals surface area contributed by atoms with E-state index in [1.54, 1.807) is 0 Å². The summed E-state index contributed by atoms with van der Waals surface area (Å²) < 4.78 is 21.8. The number of nitrogens with zero attached hydrogens (tertiary/aromatic N) is 6. The minimum absolute atomic E-state index is 0.00435. The minimum atomic E-state index is -0.421. The highest BCUT2D eigenvalue weighted by molar-refractivity contribution is 9.10. The largest absolute Gasteiger partial charge is 0.409 e. The zero-order valence-electron chi connectivity index (χ0n) is 13.6. The zero-order valence-corrected chi connectivity index (χ0v) is 15.2. The molecule has 0 unspecified atom stereocenters. The Morgan fingerprint density at radius 1 is 1.11 bits per heavy atom. The van der Waals surface area contributed by atoms with Crippen molar-refractivity contribution in [2.24, 2.45) is 15.9 Å². The monoisotopic (exact) mass is 458 g/mol. The highest BCUT2D eigenvalue weighted by Crippen LogP contribution is 2.22. The van der Waals surface area contributed by atoms with Crippen molar-refractivity contribution < 1.29 is 24.1 Å². The highest BCUT2D eigenvalue weighted by Gasteiger charge is 2.14. The fourth-order valence-corrected chi connectivity index (χ4v) is 1.96. The maximum absolute atomic E-state index is 13.0. The van der Waals surface area contributed by atoms with Gasteiger partial charge in [0, 0.05) is 0 Å². The second-order valence-corrected chi connectivity index (χ2v) is 5.51. The van der Waals surface area contributed by atoms with Crippen LogP contribution in [0, 0.1) is 5.82 Å². The van der Waals surface area contributed by atoms with Crippen LogP contribution in [0.1, 0.15) is 11.4 Å². The number of benzene rings is 1. The molecule has 0 spiro atoms. The first-order chi connectivity index (χ1) is 13.4. The van der Waals surface area contributed by atoms with Crippen LogP contribution in [0.5, 0.6) is 0 Å². The number of oxime groups is 1. The van der Waals surface area contributed by atoms with Crippen LogP contribution in [0.15, 0.2) is 42.1 Å². The standard InChI is InChI=1S/C9H7BrFN5O2.C3H5N5O2/c10-5-3-4(1-2-6(5)11)13-9(14-17)7-8(12)16-18-15-7;4-2(6-9)1-3(5)8-10-7-1/h1-3,17H,(H2,12,16)(H,13,14);9H,(H2,4,6)(H2,5,8). The summed E-state index contributed by atoms with van der Waals surface area (Å²) in [5.41, 5.74) is 18.0. The number of aliphatic imine (C=N–C) groups is 1. The molecule has 0 fully saturated rings. The third-order valence-corrected chi connectivity index (χ3v) is 3.46. The SMILES string of the molecule is NC(=NO)c1nonc1N.Nc1nonc1C(=Nc1ccc(F)c(Br)c1)NO. The third-order valence-electron chi connectivity index (χ3n) is 2.85. The molecule has 2 aromatic heterocycles. The Hall–Kier alpha value is -3.79. The number of hydrogen-bond donors (Lipinski definition) is 6. The molecule has 3 rings (SSSR count). The summed E-state index contributed by atoms with van der Waals surface area (Å²) in [4.78, 5) is 4.00. The van der Waals surface area contributed by atoms with Gasteiger partial charge in [-0.15, -0.1) is 0 Å². The lowest BCUT2D eigenvalue weighted by Gasteiger charge is -2.02. The normalized spacial score (nSPS) is 11.7. The van der Waals surface area contributed by atoms with Gasteiger partial charge in [-0.1, -0.05) is 5.16 Å². The molecule has 0 radical (unpaired) electrons. The molecular formula is C12H12BrFN10O4. The van der Waals surface area contributed by atoms with E-state index in [9.17, 15) is 4.39 Å². The van der Waals surface area contributed by atoms with Crippen LogP contribution in [0.3, 0.4) is 0 Å². The number of amidine groups is 2. The van der Waals surface area contributed by atoms with Crippen LogP contribution >= 0.6 is 15.9 Å². The maximum Gasteiger partial charge on any atom is 0.199 e. The van der Waals surface area contributed by atoms with Crippen LogP contribution in [-0.4, -0.2) is 42.7 Å². The van der Waals surface area contributed by atoms with Crippen LogP contribution in [0.4, 0.5) is 21.7 Å². The molecule has 0 atom stereocenters. The summed E-state index contributed by atoms with van der Waals surface area (Å²) in [6.07, 6.45) is 0. The van der Waals surface area contributed by atoms with E-state index in [-0.39, 0.29) is 39.2 Å². The number of nitrogens with two attached hydrogens (primary N) is 3. The van der Waals surface area contributed by atoms with Crippen molar-refractivity contribution in [1.29, 1.82) is 0 Å². The van der Waals surface area contributed by atoms with Crippen LogP contribution in [0.25, 0.3) is 0 Å². The van der Waals surface area contributed by atoms with E-state index in [4.69, 9.17) is 27.6 Å². The summed E-state index contributed by atoms with van der Waals surface area (Å²) >= 11 is 3.02. The Balaban J connectivity index is 0.000000237. The van der Waals surface area contributed by atoms with Crippen molar-refractivity contribution in [2.45, 2.75) is 0 Å². The van der Waals surface area contributed by atoms with E-state index in [1.165, 1.54) is 18.2 Å². The molecule has 3 aromatic rings. The minimum Gasteiger partial charge on any atom is -0.409 e. The first-order valence-corrected chi connectivity index (χ1v) is 7.74. The van der Waals surface area contributed by atoms with Crippen molar-refractivity contribution in [2.75, 3.05) is 11.5 Å². The predicted octanol–water partition coefficient (Wildman–Crippen LogP) is 0.357. The lowest BCUT2D eigenvalue weighted by molar-refractivity contribution is 0.234. The average molecular weight is 459 g/mol. The fourth-order valence-electron chi connectivity index (χ4n) is 1.59. The number of nitrogens with one attached hydrogen (secondary N) is 1. The Bertz CT molecular complexity index is 1000. The smallest absolute Gasteiger partial charge is 0.199 e. The van der Waals surface area contributed by atoms with Gasteiger partial charge in [-0.3, -0.25) is 10.7 Å². The van der Waals surface area contributed by atoms with Crippen LogP contribution in [0.2, 0.25) is 0 Å². The van der Waals surface area contributed by atoms with Gasteiger partial charge in [0.05, 0.1) is 10.2 Å². The molecule has 14 nitrogen and oxygen atoms in total.